The molecule has 3 heterocycles. The third kappa shape index (κ3) is 4.10. The lowest BCUT2D eigenvalue weighted by Crippen LogP contribution is -2.40. The average Bonchev–Trinajstić information content (AvgIpc) is 3.18. The second kappa shape index (κ2) is 8.88. The maximum atomic E-state index is 13.6. The number of para-hydroxylation sites is 1. The van der Waals surface area contributed by atoms with E-state index in [-0.39, 0.29) is 19.1 Å². The Labute approximate surface area is 190 Å². The molecule has 0 aliphatic carbocycles. The summed E-state index contributed by atoms with van der Waals surface area (Å²) in [6, 6.07) is 7.45. The Kier molecular flexibility index (Phi) is 5.98. The zero-order chi connectivity index (χ0) is 23.7. The van der Waals surface area contributed by atoms with E-state index in [2.05, 4.69) is 26.8 Å². The van der Waals surface area contributed by atoms with E-state index in [0.29, 0.717) is 29.5 Å². The third-order valence-corrected chi connectivity index (χ3v) is 5.37. The van der Waals surface area contributed by atoms with E-state index in [1.54, 1.807) is 24.7 Å². The van der Waals surface area contributed by atoms with Gasteiger partial charge in [-0.2, -0.15) is 4.98 Å². The number of benzene rings is 1. The first-order valence-electron chi connectivity index (χ1n) is 10.6. The minimum absolute atomic E-state index is 0.0536. The summed E-state index contributed by atoms with van der Waals surface area (Å²) in [6.45, 7) is 4.35. The monoisotopic (exact) mass is 446 g/mol. The Bertz CT molecular complexity index is 1520. The summed E-state index contributed by atoms with van der Waals surface area (Å²) in [5.41, 5.74) is 6.36. The summed E-state index contributed by atoms with van der Waals surface area (Å²) >= 11 is 0. The highest BCUT2D eigenvalue weighted by Crippen LogP contribution is 2.19. The van der Waals surface area contributed by atoms with Gasteiger partial charge >= 0.3 is 5.69 Å². The number of aromatic nitrogens is 6. The molecule has 0 saturated carbocycles. The maximum absolute atomic E-state index is 13.6. The molecule has 0 radical (unpaired) electrons. The SMILES string of the molecule is CC#CCn1c(N(C)CC(C)N)nc2c1c(=O)n(Cc1ncc3ccccc3n1)c(=O)n2C. The van der Waals surface area contributed by atoms with Crippen LogP contribution in [0.1, 0.15) is 19.7 Å². The lowest BCUT2D eigenvalue weighted by molar-refractivity contribution is 0.634. The quantitative estimate of drug-likeness (QED) is 0.433. The zero-order valence-electron chi connectivity index (χ0n) is 19.1. The van der Waals surface area contributed by atoms with Crippen LogP contribution in [0.3, 0.4) is 0 Å². The largest absolute Gasteiger partial charge is 0.344 e. The highest BCUT2D eigenvalue weighted by molar-refractivity contribution is 5.77. The van der Waals surface area contributed by atoms with Gasteiger partial charge in [0.1, 0.15) is 5.82 Å². The number of nitrogens with two attached hydrogens (primary N) is 1. The van der Waals surface area contributed by atoms with E-state index in [4.69, 9.17) is 5.73 Å². The van der Waals surface area contributed by atoms with E-state index in [0.717, 1.165) is 15.5 Å². The molecule has 0 spiro atoms. The van der Waals surface area contributed by atoms with Crippen LogP contribution in [-0.2, 0) is 20.1 Å². The Balaban J connectivity index is 1.91. The summed E-state index contributed by atoms with van der Waals surface area (Å²) in [5, 5.41) is 0.884. The summed E-state index contributed by atoms with van der Waals surface area (Å²) in [5.74, 6) is 6.75. The summed E-state index contributed by atoms with van der Waals surface area (Å²) < 4.78 is 4.24. The van der Waals surface area contributed by atoms with E-state index < -0.39 is 11.2 Å². The molecule has 4 rings (SSSR count). The molecule has 3 aromatic heterocycles. The minimum Gasteiger partial charge on any atom is -0.344 e. The van der Waals surface area contributed by atoms with Gasteiger partial charge < -0.3 is 10.6 Å². The Morgan fingerprint density at radius 3 is 2.67 bits per heavy atom. The summed E-state index contributed by atoms with van der Waals surface area (Å²) in [7, 11) is 3.44. The summed E-state index contributed by atoms with van der Waals surface area (Å²) in [4.78, 5) is 42.0. The third-order valence-electron chi connectivity index (χ3n) is 5.37. The van der Waals surface area contributed by atoms with E-state index in [9.17, 15) is 9.59 Å². The molecule has 10 heteroatoms. The van der Waals surface area contributed by atoms with Crippen molar-refractivity contribution in [3.8, 4) is 11.8 Å². The summed E-state index contributed by atoms with van der Waals surface area (Å²) in [6.07, 6.45) is 1.69. The van der Waals surface area contributed by atoms with Crippen molar-refractivity contribution in [2.24, 2.45) is 12.8 Å². The molecule has 10 nitrogen and oxygen atoms in total. The van der Waals surface area contributed by atoms with Crippen molar-refractivity contribution in [2.75, 3.05) is 18.5 Å². The lowest BCUT2D eigenvalue weighted by Gasteiger charge is -2.20. The Morgan fingerprint density at radius 1 is 1.18 bits per heavy atom. The van der Waals surface area contributed by atoms with Gasteiger partial charge in [0.15, 0.2) is 11.2 Å². The molecular formula is C23H26N8O2. The first-order chi connectivity index (χ1) is 15.8. The number of imidazole rings is 1. The molecule has 170 valence electrons. The second-order valence-electron chi connectivity index (χ2n) is 8.03. The number of rotatable bonds is 6. The normalized spacial score (nSPS) is 12.0. The maximum Gasteiger partial charge on any atom is 0.332 e. The van der Waals surface area contributed by atoms with Gasteiger partial charge in [0.25, 0.3) is 5.56 Å². The van der Waals surface area contributed by atoms with Crippen molar-refractivity contribution < 1.29 is 0 Å². The van der Waals surface area contributed by atoms with Crippen LogP contribution in [0.5, 0.6) is 0 Å². The molecule has 0 aliphatic rings. The minimum atomic E-state index is -0.489. The van der Waals surface area contributed by atoms with Crippen LogP contribution in [0, 0.1) is 11.8 Å². The molecule has 0 amide bonds. The first kappa shape index (κ1) is 22.2. The molecule has 0 fully saturated rings. The standard InChI is InChI=1S/C23H26N8O2/c1-5-6-11-30-19-20(27-22(30)28(3)13-15(2)24)29(4)23(33)31(21(19)32)14-18-25-12-16-9-7-8-10-17(16)26-18/h7-10,12,15H,11,13-14,24H2,1-4H3. The average molecular weight is 447 g/mol. The van der Waals surface area contributed by atoms with Gasteiger partial charge in [-0.05, 0) is 19.9 Å². The highest BCUT2D eigenvalue weighted by Gasteiger charge is 2.22. The van der Waals surface area contributed by atoms with Gasteiger partial charge in [0.05, 0.1) is 18.6 Å². The number of fused-ring (bicyclic) bond motifs is 2. The number of hydrogen-bond acceptors (Lipinski definition) is 7. The smallest absolute Gasteiger partial charge is 0.332 e. The van der Waals surface area contributed by atoms with E-state index in [1.165, 1.54) is 4.57 Å². The molecule has 33 heavy (non-hydrogen) atoms. The number of likely N-dealkylation sites (N-methyl/N-ethyl adjacent to an activating group) is 1. The second-order valence-corrected chi connectivity index (χ2v) is 8.03. The van der Waals surface area contributed by atoms with Gasteiger partial charge in [0, 0.05) is 38.3 Å². The van der Waals surface area contributed by atoms with E-state index in [1.807, 2.05) is 43.1 Å². The van der Waals surface area contributed by atoms with Crippen LogP contribution in [0.4, 0.5) is 5.95 Å². The lowest BCUT2D eigenvalue weighted by atomic mass is 10.2. The van der Waals surface area contributed by atoms with Crippen molar-refractivity contribution in [1.29, 1.82) is 0 Å². The van der Waals surface area contributed by atoms with Crippen LogP contribution >= 0.6 is 0 Å². The van der Waals surface area contributed by atoms with Gasteiger partial charge in [-0.3, -0.25) is 18.5 Å². The number of hydrogen-bond donors (Lipinski definition) is 1. The Hall–Kier alpha value is -3.97. The van der Waals surface area contributed by atoms with Gasteiger partial charge in [-0.15, -0.1) is 5.92 Å². The van der Waals surface area contributed by atoms with Crippen LogP contribution in [-0.4, -0.2) is 48.3 Å². The zero-order valence-corrected chi connectivity index (χ0v) is 19.1. The topological polar surface area (TPSA) is 117 Å². The predicted octanol–water partition coefficient (Wildman–Crippen LogP) is 0.695. The molecule has 4 aromatic rings. The van der Waals surface area contributed by atoms with Crippen LogP contribution in [0.15, 0.2) is 40.1 Å². The number of nitrogens with zero attached hydrogens (tertiary/aromatic N) is 7. The van der Waals surface area contributed by atoms with Crippen LogP contribution < -0.4 is 21.9 Å². The molecular weight excluding hydrogens is 420 g/mol. The fraction of sp³-hybridized carbons (Fsp3) is 0.348. The number of anilines is 1. The van der Waals surface area contributed by atoms with Crippen molar-refractivity contribution in [1.82, 2.24) is 28.7 Å². The molecule has 0 bridgehead atoms. The molecule has 1 atom stereocenters. The van der Waals surface area contributed by atoms with Gasteiger partial charge in [-0.25, -0.2) is 14.8 Å². The highest BCUT2D eigenvalue weighted by atomic mass is 16.2. The molecule has 0 saturated heterocycles. The van der Waals surface area contributed by atoms with Crippen molar-refractivity contribution in [3.63, 3.8) is 0 Å². The van der Waals surface area contributed by atoms with Crippen LogP contribution in [0.2, 0.25) is 0 Å². The Morgan fingerprint density at radius 2 is 1.94 bits per heavy atom. The fourth-order valence-electron chi connectivity index (χ4n) is 3.84. The van der Waals surface area contributed by atoms with Gasteiger partial charge in [0.2, 0.25) is 5.95 Å². The number of aryl methyl sites for hydroxylation is 1. The molecule has 1 unspecified atom stereocenters. The fourth-order valence-corrected chi connectivity index (χ4v) is 3.84. The van der Waals surface area contributed by atoms with Gasteiger partial charge in [-0.1, -0.05) is 24.1 Å². The van der Waals surface area contributed by atoms with Crippen molar-refractivity contribution in [2.45, 2.75) is 33.0 Å². The molecule has 0 aliphatic heterocycles. The van der Waals surface area contributed by atoms with E-state index >= 15 is 0 Å². The van der Waals surface area contributed by atoms with Crippen LogP contribution in [0.25, 0.3) is 22.1 Å². The van der Waals surface area contributed by atoms with Crippen molar-refractivity contribution >= 4 is 28.0 Å². The predicted molar refractivity (Wildman–Crippen MR) is 128 cm³/mol. The molecule has 2 N–H and O–H groups in total. The van der Waals surface area contributed by atoms with Crippen molar-refractivity contribution in [3.05, 3.63) is 57.1 Å². The first-order valence-corrected chi connectivity index (χ1v) is 10.6. The molecule has 1 aromatic carbocycles.